The van der Waals surface area contributed by atoms with Gasteiger partial charge in [-0.15, -0.1) is 0 Å². The molecule has 1 N–H and O–H groups in total. The van der Waals surface area contributed by atoms with Gasteiger partial charge in [-0.2, -0.15) is 0 Å². The molecule has 0 spiro atoms. The van der Waals surface area contributed by atoms with Gasteiger partial charge in [0.1, 0.15) is 0 Å². The maximum Gasteiger partial charge on any atom is 0.0954 e. The standard InChI is InChI=1S/C11H20N2/c1-3-11(12)13(2)10-7-8-4-5-9(10)6-8/h8-10,12H,3-7H2,1-2H3. The third kappa shape index (κ3) is 1.47. The summed E-state index contributed by atoms with van der Waals surface area (Å²) in [5, 5.41) is 7.81. The molecule has 2 heteroatoms. The fourth-order valence-corrected chi connectivity index (χ4v) is 3.14. The fourth-order valence-electron chi connectivity index (χ4n) is 3.14. The average Bonchev–Trinajstić information content (AvgIpc) is 2.76. The third-order valence-corrected chi connectivity index (χ3v) is 3.96. The van der Waals surface area contributed by atoms with Crippen LogP contribution in [-0.2, 0) is 0 Å². The van der Waals surface area contributed by atoms with Crippen LogP contribution < -0.4 is 0 Å². The highest BCUT2D eigenvalue weighted by Gasteiger charge is 2.41. The number of amidine groups is 1. The quantitative estimate of drug-likeness (QED) is 0.513. The van der Waals surface area contributed by atoms with E-state index in [9.17, 15) is 0 Å². The van der Waals surface area contributed by atoms with Crippen LogP contribution in [0.4, 0.5) is 0 Å². The van der Waals surface area contributed by atoms with Gasteiger partial charge in [-0.1, -0.05) is 13.3 Å². The molecule has 2 rings (SSSR count). The molecule has 2 nitrogen and oxygen atoms in total. The van der Waals surface area contributed by atoms with E-state index in [1.54, 1.807) is 0 Å². The van der Waals surface area contributed by atoms with E-state index in [1.807, 2.05) is 0 Å². The Morgan fingerprint density at radius 3 is 2.62 bits per heavy atom. The van der Waals surface area contributed by atoms with E-state index in [4.69, 9.17) is 5.41 Å². The number of nitrogens with one attached hydrogen (secondary N) is 1. The van der Waals surface area contributed by atoms with E-state index in [0.717, 1.165) is 24.1 Å². The van der Waals surface area contributed by atoms with Gasteiger partial charge in [0.25, 0.3) is 0 Å². The highest BCUT2D eigenvalue weighted by molar-refractivity contribution is 5.78. The molecule has 2 fully saturated rings. The lowest BCUT2D eigenvalue weighted by Crippen LogP contribution is -2.39. The number of nitrogens with zero attached hydrogens (tertiary/aromatic N) is 1. The summed E-state index contributed by atoms with van der Waals surface area (Å²) in [5.74, 6) is 2.71. The van der Waals surface area contributed by atoms with Crippen molar-refractivity contribution in [1.82, 2.24) is 4.90 Å². The summed E-state index contributed by atoms with van der Waals surface area (Å²) in [6.45, 7) is 2.08. The third-order valence-electron chi connectivity index (χ3n) is 3.96. The van der Waals surface area contributed by atoms with E-state index < -0.39 is 0 Å². The van der Waals surface area contributed by atoms with Gasteiger partial charge in [0.2, 0.25) is 0 Å². The van der Waals surface area contributed by atoms with Crippen LogP contribution in [0.3, 0.4) is 0 Å². The van der Waals surface area contributed by atoms with Crippen molar-refractivity contribution in [3.63, 3.8) is 0 Å². The van der Waals surface area contributed by atoms with Crippen LogP contribution in [0.25, 0.3) is 0 Å². The highest BCUT2D eigenvalue weighted by Crippen LogP contribution is 2.46. The number of hydrogen-bond acceptors (Lipinski definition) is 1. The topological polar surface area (TPSA) is 27.1 Å². The summed E-state index contributed by atoms with van der Waals surface area (Å²) in [6, 6.07) is 0.700. The second kappa shape index (κ2) is 3.32. The Balaban J connectivity index is 1.98. The summed E-state index contributed by atoms with van der Waals surface area (Å²) in [5.41, 5.74) is 0. The Morgan fingerprint density at radius 1 is 1.38 bits per heavy atom. The second-order valence-electron chi connectivity index (χ2n) is 4.65. The molecule has 0 aromatic carbocycles. The molecule has 2 saturated carbocycles. The zero-order chi connectivity index (χ0) is 9.42. The van der Waals surface area contributed by atoms with Gasteiger partial charge in [0.05, 0.1) is 5.84 Å². The predicted molar refractivity (Wildman–Crippen MR) is 55.0 cm³/mol. The van der Waals surface area contributed by atoms with Gasteiger partial charge < -0.3 is 4.90 Å². The minimum absolute atomic E-state index is 0.700. The van der Waals surface area contributed by atoms with Gasteiger partial charge in [-0.3, -0.25) is 5.41 Å². The summed E-state index contributed by atoms with van der Waals surface area (Å²) < 4.78 is 0. The Bertz CT molecular complexity index is 212. The van der Waals surface area contributed by atoms with Crippen LogP contribution in [0.2, 0.25) is 0 Å². The maximum atomic E-state index is 7.81. The van der Waals surface area contributed by atoms with E-state index >= 15 is 0 Å². The Morgan fingerprint density at radius 2 is 2.15 bits per heavy atom. The largest absolute Gasteiger partial charge is 0.360 e. The van der Waals surface area contributed by atoms with Crippen molar-refractivity contribution in [3.8, 4) is 0 Å². The highest BCUT2D eigenvalue weighted by atomic mass is 15.2. The lowest BCUT2D eigenvalue weighted by Gasteiger charge is -2.33. The van der Waals surface area contributed by atoms with Crippen molar-refractivity contribution >= 4 is 5.84 Å². The molecule has 13 heavy (non-hydrogen) atoms. The minimum atomic E-state index is 0.700. The fraction of sp³-hybridized carbons (Fsp3) is 0.909. The van der Waals surface area contributed by atoms with Crippen LogP contribution in [0, 0.1) is 17.2 Å². The molecule has 0 saturated heterocycles. The van der Waals surface area contributed by atoms with Gasteiger partial charge in [-0.25, -0.2) is 0 Å². The zero-order valence-electron chi connectivity index (χ0n) is 8.71. The molecular formula is C11H20N2. The van der Waals surface area contributed by atoms with E-state index in [-0.39, 0.29) is 0 Å². The van der Waals surface area contributed by atoms with Crippen LogP contribution in [-0.4, -0.2) is 23.8 Å². The molecule has 0 radical (unpaired) electrons. The lowest BCUT2D eigenvalue weighted by atomic mass is 9.94. The first-order valence-corrected chi connectivity index (χ1v) is 5.52. The molecule has 2 aliphatic carbocycles. The first-order chi connectivity index (χ1) is 6.22. The molecule has 2 aliphatic rings. The number of rotatable bonds is 2. The van der Waals surface area contributed by atoms with Crippen molar-refractivity contribution in [2.75, 3.05) is 7.05 Å². The zero-order valence-corrected chi connectivity index (χ0v) is 8.71. The second-order valence-corrected chi connectivity index (χ2v) is 4.65. The number of hydrogen-bond donors (Lipinski definition) is 1. The first-order valence-electron chi connectivity index (χ1n) is 5.52. The van der Waals surface area contributed by atoms with Crippen LogP contribution >= 0.6 is 0 Å². The lowest BCUT2D eigenvalue weighted by molar-refractivity contribution is 0.254. The summed E-state index contributed by atoms with van der Waals surface area (Å²) in [6.07, 6.45) is 6.53. The van der Waals surface area contributed by atoms with Gasteiger partial charge >= 0.3 is 0 Å². The maximum absolute atomic E-state index is 7.81. The SMILES string of the molecule is CCC(=N)N(C)C1CC2CCC1C2. The Hall–Kier alpha value is -0.530. The van der Waals surface area contributed by atoms with Crippen LogP contribution in [0.5, 0.6) is 0 Å². The molecule has 74 valence electrons. The van der Waals surface area contributed by atoms with Crippen LogP contribution in [0.15, 0.2) is 0 Å². The van der Waals surface area contributed by atoms with Crippen molar-refractivity contribution in [2.24, 2.45) is 11.8 Å². The monoisotopic (exact) mass is 180 g/mol. The first kappa shape index (κ1) is 9.04. The van der Waals surface area contributed by atoms with Crippen LogP contribution in [0.1, 0.15) is 39.0 Å². The van der Waals surface area contributed by atoms with E-state index in [1.165, 1.54) is 25.7 Å². The summed E-state index contributed by atoms with van der Waals surface area (Å²) in [7, 11) is 2.11. The minimum Gasteiger partial charge on any atom is -0.360 e. The van der Waals surface area contributed by atoms with Crippen molar-refractivity contribution in [2.45, 2.75) is 45.1 Å². The summed E-state index contributed by atoms with van der Waals surface area (Å²) in [4.78, 5) is 2.23. The Kier molecular flexibility index (Phi) is 2.31. The predicted octanol–water partition coefficient (Wildman–Crippen LogP) is 2.49. The van der Waals surface area contributed by atoms with E-state index in [2.05, 4.69) is 18.9 Å². The van der Waals surface area contributed by atoms with Gasteiger partial charge in [0.15, 0.2) is 0 Å². The van der Waals surface area contributed by atoms with Crippen molar-refractivity contribution < 1.29 is 0 Å². The molecule has 3 unspecified atom stereocenters. The summed E-state index contributed by atoms with van der Waals surface area (Å²) >= 11 is 0. The molecule has 0 aliphatic heterocycles. The molecule has 3 atom stereocenters. The van der Waals surface area contributed by atoms with Gasteiger partial charge in [0, 0.05) is 19.5 Å². The average molecular weight is 180 g/mol. The van der Waals surface area contributed by atoms with Gasteiger partial charge in [-0.05, 0) is 31.1 Å². The number of fused-ring (bicyclic) bond motifs is 2. The molecule has 2 bridgehead atoms. The normalized spacial score (nSPS) is 36.6. The van der Waals surface area contributed by atoms with Crippen molar-refractivity contribution in [1.29, 1.82) is 5.41 Å². The van der Waals surface area contributed by atoms with Crippen molar-refractivity contribution in [3.05, 3.63) is 0 Å². The molecule has 0 amide bonds. The molecule has 0 aromatic rings. The smallest absolute Gasteiger partial charge is 0.0954 e. The van der Waals surface area contributed by atoms with E-state index in [0.29, 0.717) is 6.04 Å². The molecular weight excluding hydrogens is 160 g/mol. The molecule has 0 aromatic heterocycles. The Labute approximate surface area is 80.8 Å². The molecule has 0 heterocycles.